The molecule has 2 fully saturated rings. The van der Waals surface area contributed by atoms with E-state index in [2.05, 4.69) is 0 Å². The van der Waals surface area contributed by atoms with Crippen molar-refractivity contribution in [2.45, 2.75) is 69.4 Å². The van der Waals surface area contributed by atoms with Crippen molar-refractivity contribution in [2.24, 2.45) is 5.73 Å². The summed E-state index contributed by atoms with van der Waals surface area (Å²) < 4.78 is 12.0. The second-order valence-corrected chi connectivity index (χ2v) is 5.36. The van der Waals surface area contributed by atoms with Crippen molar-refractivity contribution in [1.82, 2.24) is 0 Å². The molecule has 1 spiro atoms. The molecule has 1 aliphatic heterocycles. The van der Waals surface area contributed by atoms with E-state index in [1.54, 1.807) is 0 Å². The molecule has 104 valence electrons. The molecule has 5 heteroatoms. The van der Waals surface area contributed by atoms with Crippen molar-refractivity contribution in [3.63, 3.8) is 0 Å². The Morgan fingerprint density at radius 1 is 1.22 bits per heavy atom. The number of carboxylic acid groups (broad SMARTS) is 1. The highest BCUT2D eigenvalue weighted by molar-refractivity contribution is 5.67. The SMILES string of the molecule is NCCC1C[C@H](CC(=O)O)OC2(CCCCC2)O1. The summed E-state index contributed by atoms with van der Waals surface area (Å²) in [5, 5.41) is 8.92. The first kappa shape index (κ1) is 13.8. The van der Waals surface area contributed by atoms with Gasteiger partial charge in [-0.25, -0.2) is 0 Å². The number of carboxylic acids is 1. The van der Waals surface area contributed by atoms with E-state index in [4.69, 9.17) is 20.3 Å². The molecule has 1 saturated carbocycles. The molecule has 0 aromatic rings. The van der Waals surface area contributed by atoms with Crippen molar-refractivity contribution in [2.75, 3.05) is 6.54 Å². The zero-order valence-electron chi connectivity index (χ0n) is 10.8. The van der Waals surface area contributed by atoms with Crippen molar-refractivity contribution in [3.8, 4) is 0 Å². The van der Waals surface area contributed by atoms with Gasteiger partial charge in [0.25, 0.3) is 0 Å². The molecule has 1 aliphatic carbocycles. The molecular weight excluding hydrogens is 234 g/mol. The van der Waals surface area contributed by atoms with Crippen LogP contribution < -0.4 is 5.73 Å². The predicted molar refractivity (Wildman–Crippen MR) is 66.1 cm³/mol. The first-order valence-corrected chi connectivity index (χ1v) is 6.91. The second kappa shape index (κ2) is 5.99. The number of hydrogen-bond donors (Lipinski definition) is 2. The van der Waals surface area contributed by atoms with E-state index < -0.39 is 11.8 Å². The highest BCUT2D eigenvalue weighted by atomic mass is 16.7. The van der Waals surface area contributed by atoms with Gasteiger partial charge in [-0.3, -0.25) is 4.79 Å². The minimum absolute atomic E-state index is 0.0474. The standard InChI is InChI=1S/C13H23NO4/c14-7-4-10-8-11(9-12(15)16)18-13(17-10)5-2-1-3-6-13/h10-11H,1-9,14H2,(H,15,16)/t10?,11-/m1/s1. The van der Waals surface area contributed by atoms with Gasteiger partial charge < -0.3 is 20.3 Å². The summed E-state index contributed by atoms with van der Waals surface area (Å²) in [7, 11) is 0. The minimum atomic E-state index is -0.806. The van der Waals surface area contributed by atoms with E-state index in [-0.39, 0.29) is 18.6 Å². The zero-order valence-corrected chi connectivity index (χ0v) is 10.8. The van der Waals surface area contributed by atoms with Gasteiger partial charge in [0.1, 0.15) is 0 Å². The molecule has 1 saturated heterocycles. The Hall–Kier alpha value is -0.650. The molecule has 3 N–H and O–H groups in total. The van der Waals surface area contributed by atoms with Crippen LogP contribution in [0.3, 0.4) is 0 Å². The molecule has 0 amide bonds. The number of carbonyl (C=O) groups is 1. The van der Waals surface area contributed by atoms with E-state index in [0.29, 0.717) is 13.0 Å². The fourth-order valence-corrected chi connectivity index (χ4v) is 3.03. The highest BCUT2D eigenvalue weighted by Gasteiger charge is 2.43. The lowest BCUT2D eigenvalue weighted by atomic mass is 9.91. The van der Waals surface area contributed by atoms with Gasteiger partial charge in [-0.15, -0.1) is 0 Å². The van der Waals surface area contributed by atoms with Crippen LogP contribution in [0.5, 0.6) is 0 Å². The summed E-state index contributed by atoms with van der Waals surface area (Å²) >= 11 is 0. The molecule has 0 aromatic carbocycles. The molecule has 0 radical (unpaired) electrons. The lowest BCUT2D eigenvalue weighted by molar-refractivity contribution is -0.329. The largest absolute Gasteiger partial charge is 0.481 e. The average Bonchev–Trinajstić information content (AvgIpc) is 2.28. The third kappa shape index (κ3) is 3.43. The maximum atomic E-state index is 10.9. The third-order valence-corrected chi connectivity index (χ3v) is 3.79. The van der Waals surface area contributed by atoms with E-state index in [1.165, 1.54) is 6.42 Å². The van der Waals surface area contributed by atoms with Gasteiger partial charge in [0, 0.05) is 19.3 Å². The van der Waals surface area contributed by atoms with Gasteiger partial charge in [0.05, 0.1) is 18.6 Å². The van der Waals surface area contributed by atoms with Gasteiger partial charge in [-0.1, -0.05) is 6.42 Å². The number of rotatable bonds is 4. The summed E-state index contributed by atoms with van der Waals surface area (Å²) in [4.78, 5) is 10.9. The Balaban J connectivity index is 2.02. The number of nitrogens with two attached hydrogens (primary N) is 1. The predicted octanol–water partition coefficient (Wildman–Crippen LogP) is 1.64. The second-order valence-electron chi connectivity index (χ2n) is 5.36. The van der Waals surface area contributed by atoms with Crippen molar-refractivity contribution in [3.05, 3.63) is 0 Å². The molecule has 1 heterocycles. The number of aliphatic carboxylic acids is 1. The van der Waals surface area contributed by atoms with Crippen LogP contribution in [0.1, 0.15) is 51.4 Å². The average molecular weight is 257 g/mol. The summed E-state index contributed by atoms with van der Waals surface area (Å²) in [6.45, 7) is 0.570. The van der Waals surface area contributed by atoms with Gasteiger partial charge in [-0.2, -0.15) is 0 Å². The normalized spacial score (nSPS) is 31.4. The van der Waals surface area contributed by atoms with Crippen LogP contribution in [0.4, 0.5) is 0 Å². The lowest BCUT2D eigenvalue weighted by Gasteiger charge is -2.46. The number of ether oxygens (including phenoxy) is 2. The maximum Gasteiger partial charge on any atom is 0.305 e. The van der Waals surface area contributed by atoms with Crippen LogP contribution in [0.2, 0.25) is 0 Å². The fourth-order valence-electron chi connectivity index (χ4n) is 3.03. The number of hydrogen-bond acceptors (Lipinski definition) is 4. The maximum absolute atomic E-state index is 10.9. The molecular formula is C13H23NO4. The topological polar surface area (TPSA) is 81.8 Å². The molecule has 18 heavy (non-hydrogen) atoms. The Morgan fingerprint density at radius 3 is 2.50 bits per heavy atom. The monoisotopic (exact) mass is 257 g/mol. The molecule has 2 aliphatic rings. The Labute approximate surface area is 108 Å². The van der Waals surface area contributed by atoms with Gasteiger partial charge in [0.2, 0.25) is 0 Å². The highest BCUT2D eigenvalue weighted by Crippen LogP contribution is 2.40. The lowest BCUT2D eigenvalue weighted by Crippen LogP contribution is -2.50. The molecule has 5 nitrogen and oxygen atoms in total. The summed E-state index contributed by atoms with van der Waals surface area (Å²) in [5.41, 5.74) is 5.59. The molecule has 1 unspecified atom stereocenters. The Bertz CT molecular complexity index is 289. The van der Waals surface area contributed by atoms with E-state index in [1.807, 2.05) is 0 Å². The van der Waals surface area contributed by atoms with Crippen LogP contribution in [-0.4, -0.2) is 35.6 Å². The molecule has 2 rings (SSSR count). The van der Waals surface area contributed by atoms with Gasteiger partial charge >= 0.3 is 5.97 Å². The first-order chi connectivity index (χ1) is 8.63. The summed E-state index contributed by atoms with van der Waals surface area (Å²) in [6, 6.07) is 0. The van der Waals surface area contributed by atoms with E-state index in [9.17, 15) is 4.79 Å². The molecule has 2 atom stereocenters. The Kier molecular flexibility index (Phi) is 4.59. The van der Waals surface area contributed by atoms with Crippen LogP contribution in [0.15, 0.2) is 0 Å². The fraction of sp³-hybridized carbons (Fsp3) is 0.923. The van der Waals surface area contributed by atoms with Crippen LogP contribution in [-0.2, 0) is 14.3 Å². The van der Waals surface area contributed by atoms with E-state index >= 15 is 0 Å². The summed E-state index contributed by atoms with van der Waals surface area (Å²) in [5.74, 6) is -1.34. The van der Waals surface area contributed by atoms with Crippen molar-refractivity contribution >= 4 is 5.97 Å². The molecule has 0 bridgehead atoms. The van der Waals surface area contributed by atoms with E-state index in [0.717, 1.165) is 32.1 Å². The summed E-state index contributed by atoms with van der Waals surface area (Å²) in [6.07, 6.45) is 6.45. The molecule has 0 aromatic heterocycles. The van der Waals surface area contributed by atoms with Crippen LogP contribution in [0, 0.1) is 0 Å². The smallest absolute Gasteiger partial charge is 0.305 e. The van der Waals surface area contributed by atoms with Gasteiger partial charge in [-0.05, 0) is 25.8 Å². The van der Waals surface area contributed by atoms with Gasteiger partial charge in [0.15, 0.2) is 5.79 Å². The third-order valence-electron chi connectivity index (χ3n) is 3.79. The van der Waals surface area contributed by atoms with Crippen LogP contribution >= 0.6 is 0 Å². The van der Waals surface area contributed by atoms with Crippen molar-refractivity contribution < 1.29 is 19.4 Å². The minimum Gasteiger partial charge on any atom is -0.481 e. The quantitative estimate of drug-likeness (QED) is 0.800. The first-order valence-electron chi connectivity index (χ1n) is 6.91. The Morgan fingerprint density at radius 2 is 1.89 bits per heavy atom. The van der Waals surface area contributed by atoms with Crippen molar-refractivity contribution in [1.29, 1.82) is 0 Å². The zero-order chi connectivity index (χ0) is 13.0. The van der Waals surface area contributed by atoms with Crippen LogP contribution in [0.25, 0.3) is 0 Å².